The van der Waals surface area contributed by atoms with Crippen molar-refractivity contribution in [3.8, 4) is 0 Å². The van der Waals surface area contributed by atoms with Crippen molar-refractivity contribution < 1.29 is 14.3 Å². The smallest absolute Gasteiger partial charge is 0.244 e. The molecule has 8 heteroatoms. The lowest BCUT2D eigenvalue weighted by molar-refractivity contribution is -0.136. The lowest BCUT2D eigenvalue weighted by atomic mass is 9.84. The Morgan fingerprint density at radius 3 is 2.81 bits per heavy atom. The van der Waals surface area contributed by atoms with Gasteiger partial charge in [-0.1, -0.05) is 6.92 Å². The van der Waals surface area contributed by atoms with E-state index in [0.29, 0.717) is 50.2 Å². The molecule has 1 atom stereocenters. The maximum Gasteiger partial charge on any atom is 0.244 e. The zero-order valence-corrected chi connectivity index (χ0v) is 15.4. The third kappa shape index (κ3) is 5.28. The number of ether oxygens (including phenoxy) is 1. The molecule has 2 amide bonds. The summed E-state index contributed by atoms with van der Waals surface area (Å²) in [6.07, 6.45) is 6.10. The fourth-order valence-electron chi connectivity index (χ4n) is 3.65. The number of nitrogens with one attached hydrogen (secondary N) is 2. The number of hydrogen-bond acceptors (Lipinski definition) is 5. The van der Waals surface area contributed by atoms with E-state index in [1.54, 1.807) is 22.0 Å². The van der Waals surface area contributed by atoms with Crippen LogP contribution in [0.4, 0.5) is 5.69 Å². The molecule has 2 saturated heterocycles. The lowest BCUT2D eigenvalue weighted by Gasteiger charge is -2.27. The first-order valence-corrected chi connectivity index (χ1v) is 9.50. The third-order valence-corrected chi connectivity index (χ3v) is 5.27. The number of carbonyl (C=O) groups is 2. The van der Waals surface area contributed by atoms with E-state index in [9.17, 15) is 9.59 Å². The van der Waals surface area contributed by atoms with Crippen LogP contribution in [0.5, 0.6) is 0 Å². The van der Waals surface area contributed by atoms with Crippen molar-refractivity contribution >= 4 is 17.5 Å². The highest BCUT2D eigenvalue weighted by Gasteiger charge is 2.22. The van der Waals surface area contributed by atoms with E-state index in [2.05, 4.69) is 22.7 Å². The number of carbonyl (C=O) groups excluding carboxylic acids is 2. The van der Waals surface area contributed by atoms with Crippen LogP contribution in [0, 0.1) is 11.8 Å². The van der Waals surface area contributed by atoms with Crippen molar-refractivity contribution in [1.82, 2.24) is 20.0 Å². The fourth-order valence-corrected chi connectivity index (χ4v) is 3.65. The van der Waals surface area contributed by atoms with E-state index in [1.807, 2.05) is 0 Å². The average Bonchev–Trinajstić information content (AvgIpc) is 3.09. The van der Waals surface area contributed by atoms with Gasteiger partial charge in [0.1, 0.15) is 6.54 Å². The highest BCUT2D eigenvalue weighted by molar-refractivity contribution is 5.90. The molecule has 1 unspecified atom stereocenters. The van der Waals surface area contributed by atoms with Gasteiger partial charge in [-0.05, 0) is 37.8 Å². The number of morpholine rings is 1. The number of aromatic nitrogens is 2. The number of amides is 2. The van der Waals surface area contributed by atoms with E-state index < -0.39 is 0 Å². The number of hydrogen-bond donors (Lipinski definition) is 2. The van der Waals surface area contributed by atoms with E-state index >= 15 is 0 Å². The second-order valence-electron chi connectivity index (χ2n) is 7.24. The fraction of sp³-hybridized carbons (Fsp3) is 0.722. The Balaban J connectivity index is 1.45. The Morgan fingerprint density at radius 2 is 2.08 bits per heavy atom. The predicted octanol–water partition coefficient (Wildman–Crippen LogP) is 0.706. The molecule has 0 aromatic carbocycles. The number of nitrogens with zero attached hydrogens (tertiary/aromatic N) is 3. The topological polar surface area (TPSA) is 88.5 Å². The summed E-state index contributed by atoms with van der Waals surface area (Å²) >= 11 is 0. The number of rotatable bonds is 6. The second kappa shape index (κ2) is 9.14. The van der Waals surface area contributed by atoms with Gasteiger partial charge in [0.05, 0.1) is 25.1 Å². The monoisotopic (exact) mass is 363 g/mol. The second-order valence-corrected chi connectivity index (χ2v) is 7.24. The summed E-state index contributed by atoms with van der Waals surface area (Å²) in [5.74, 6) is 1.01. The standard InChI is InChI=1S/C18H29N5O3/c1-14(15-2-4-19-5-3-15)10-17(24)21-16-11-20-23(12-16)13-18(25)22-6-8-26-9-7-22/h11-12,14-15,19H,2-10,13H2,1H3,(H,21,24). The van der Waals surface area contributed by atoms with Gasteiger partial charge in [-0.25, -0.2) is 0 Å². The van der Waals surface area contributed by atoms with Gasteiger partial charge in [0.25, 0.3) is 0 Å². The van der Waals surface area contributed by atoms with Crippen LogP contribution in [-0.4, -0.2) is 65.9 Å². The summed E-state index contributed by atoms with van der Waals surface area (Å²) in [5, 5.41) is 10.4. The predicted molar refractivity (Wildman–Crippen MR) is 97.6 cm³/mol. The molecule has 0 spiro atoms. The zero-order chi connectivity index (χ0) is 18.4. The average molecular weight is 363 g/mol. The molecular formula is C18H29N5O3. The minimum absolute atomic E-state index is 0.00934. The molecular weight excluding hydrogens is 334 g/mol. The third-order valence-electron chi connectivity index (χ3n) is 5.27. The van der Waals surface area contributed by atoms with E-state index in [4.69, 9.17) is 4.74 Å². The van der Waals surface area contributed by atoms with Crippen LogP contribution in [-0.2, 0) is 20.9 Å². The Labute approximate surface area is 154 Å². The molecule has 2 N–H and O–H groups in total. The summed E-state index contributed by atoms with van der Waals surface area (Å²) in [7, 11) is 0. The van der Waals surface area contributed by atoms with Crippen LogP contribution >= 0.6 is 0 Å². The molecule has 3 rings (SSSR count). The van der Waals surface area contributed by atoms with Crippen LogP contribution in [0.1, 0.15) is 26.2 Å². The van der Waals surface area contributed by atoms with Crippen molar-refractivity contribution in [1.29, 1.82) is 0 Å². The highest BCUT2D eigenvalue weighted by atomic mass is 16.5. The van der Waals surface area contributed by atoms with Gasteiger partial charge in [0.2, 0.25) is 11.8 Å². The van der Waals surface area contributed by atoms with Crippen LogP contribution < -0.4 is 10.6 Å². The largest absolute Gasteiger partial charge is 0.378 e. The minimum atomic E-state index is 0.00934. The molecule has 2 aliphatic heterocycles. The molecule has 26 heavy (non-hydrogen) atoms. The summed E-state index contributed by atoms with van der Waals surface area (Å²) < 4.78 is 6.83. The first-order chi connectivity index (χ1) is 12.6. The van der Waals surface area contributed by atoms with Crippen molar-refractivity contribution in [3.05, 3.63) is 12.4 Å². The van der Waals surface area contributed by atoms with Gasteiger partial charge in [0, 0.05) is 25.7 Å². The molecule has 144 valence electrons. The maximum absolute atomic E-state index is 12.3. The van der Waals surface area contributed by atoms with Crippen LogP contribution in [0.25, 0.3) is 0 Å². The molecule has 1 aromatic rings. The quantitative estimate of drug-likeness (QED) is 0.777. The Bertz CT molecular complexity index is 606. The lowest BCUT2D eigenvalue weighted by Crippen LogP contribution is -2.42. The van der Waals surface area contributed by atoms with Crippen molar-refractivity contribution in [2.24, 2.45) is 11.8 Å². The zero-order valence-electron chi connectivity index (χ0n) is 15.4. The summed E-state index contributed by atoms with van der Waals surface area (Å²) in [6.45, 7) is 6.84. The summed E-state index contributed by atoms with van der Waals surface area (Å²) in [5.41, 5.74) is 0.641. The van der Waals surface area contributed by atoms with Crippen LogP contribution in [0.15, 0.2) is 12.4 Å². The molecule has 8 nitrogen and oxygen atoms in total. The molecule has 1 aromatic heterocycles. The molecule has 0 bridgehead atoms. The van der Waals surface area contributed by atoms with Crippen molar-refractivity contribution in [3.63, 3.8) is 0 Å². The van der Waals surface area contributed by atoms with Gasteiger partial charge in [0.15, 0.2) is 0 Å². The summed E-state index contributed by atoms with van der Waals surface area (Å²) in [6, 6.07) is 0. The van der Waals surface area contributed by atoms with Crippen LogP contribution in [0.2, 0.25) is 0 Å². The molecule has 0 saturated carbocycles. The Hall–Kier alpha value is -1.93. The SMILES string of the molecule is CC(CC(=O)Nc1cnn(CC(=O)N2CCOCC2)c1)C1CCNCC1. The molecule has 0 radical (unpaired) electrons. The highest BCUT2D eigenvalue weighted by Crippen LogP contribution is 2.24. The molecule has 2 fully saturated rings. The Morgan fingerprint density at radius 1 is 1.35 bits per heavy atom. The van der Waals surface area contributed by atoms with Crippen LogP contribution in [0.3, 0.4) is 0 Å². The van der Waals surface area contributed by atoms with E-state index in [1.165, 1.54) is 0 Å². The van der Waals surface area contributed by atoms with Gasteiger partial charge in [-0.2, -0.15) is 5.10 Å². The Kier molecular flexibility index (Phi) is 6.62. The summed E-state index contributed by atoms with van der Waals surface area (Å²) in [4.78, 5) is 26.3. The van der Waals surface area contributed by atoms with Gasteiger partial charge in [-0.15, -0.1) is 0 Å². The van der Waals surface area contributed by atoms with Gasteiger partial charge in [-0.3, -0.25) is 14.3 Å². The van der Waals surface area contributed by atoms with Gasteiger partial charge < -0.3 is 20.3 Å². The normalized spacial score (nSPS) is 20.0. The minimum Gasteiger partial charge on any atom is -0.378 e. The molecule has 2 aliphatic rings. The number of anilines is 1. The van der Waals surface area contributed by atoms with Crippen molar-refractivity contribution in [2.45, 2.75) is 32.7 Å². The van der Waals surface area contributed by atoms with Gasteiger partial charge >= 0.3 is 0 Å². The molecule has 3 heterocycles. The first-order valence-electron chi connectivity index (χ1n) is 9.50. The van der Waals surface area contributed by atoms with E-state index in [0.717, 1.165) is 25.9 Å². The maximum atomic E-state index is 12.3. The first kappa shape index (κ1) is 18.8. The number of piperidine rings is 1. The van der Waals surface area contributed by atoms with Crippen molar-refractivity contribution in [2.75, 3.05) is 44.7 Å². The van der Waals surface area contributed by atoms with E-state index in [-0.39, 0.29) is 18.4 Å². The molecule has 0 aliphatic carbocycles.